The summed E-state index contributed by atoms with van der Waals surface area (Å²) in [6.07, 6.45) is 0. The maximum Gasteiger partial charge on any atom is 0.271 e. The van der Waals surface area contributed by atoms with E-state index in [9.17, 15) is 21.6 Å². The zero-order valence-corrected chi connectivity index (χ0v) is 20.3. The molecule has 1 aromatic carbocycles. The van der Waals surface area contributed by atoms with Gasteiger partial charge in [0.1, 0.15) is 9.96 Å². The van der Waals surface area contributed by atoms with Gasteiger partial charge in [-0.25, -0.2) is 16.8 Å². The third-order valence-electron chi connectivity index (χ3n) is 4.25. The molecule has 1 aromatic heterocycles. The van der Waals surface area contributed by atoms with Crippen LogP contribution in [0.3, 0.4) is 0 Å². The number of hydrogen-bond acceptors (Lipinski definition) is 7. The molecular formula is C19H27N3O6S3. The van der Waals surface area contributed by atoms with Gasteiger partial charge in [0.05, 0.1) is 23.7 Å². The standard InChI is InChI=1S/C19H27N3O6S3/c1-5-22(6-2)31(26,27)16-9-10-18(28-7-3)17(12-16)21-30(24,25)19-11-8-15(29-19)13-20-14(4)23/h8-12,21H,5-7,13H2,1-4H3,(H,20,23). The summed E-state index contributed by atoms with van der Waals surface area (Å²) in [7, 11) is -7.78. The van der Waals surface area contributed by atoms with E-state index in [1.165, 1.54) is 35.5 Å². The molecule has 0 radical (unpaired) electrons. The number of anilines is 1. The summed E-state index contributed by atoms with van der Waals surface area (Å²) in [6.45, 7) is 7.66. The summed E-state index contributed by atoms with van der Waals surface area (Å²) in [6, 6.07) is 7.14. The summed E-state index contributed by atoms with van der Waals surface area (Å²) < 4.78 is 60.8. The van der Waals surface area contributed by atoms with Crippen LogP contribution >= 0.6 is 11.3 Å². The summed E-state index contributed by atoms with van der Waals surface area (Å²) in [5.74, 6) is 0.00288. The van der Waals surface area contributed by atoms with E-state index in [4.69, 9.17) is 4.74 Å². The molecule has 2 aromatic rings. The van der Waals surface area contributed by atoms with Crippen molar-refractivity contribution in [3.63, 3.8) is 0 Å². The van der Waals surface area contributed by atoms with Crippen LogP contribution in [0.5, 0.6) is 5.75 Å². The largest absolute Gasteiger partial charge is 0.492 e. The number of nitrogens with zero attached hydrogens (tertiary/aromatic N) is 1. The van der Waals surface area contributed by atoms with Crippen molar-refractivity contribution in [2.24, 2.45) is 0 Å². The number of benzene rings is 1. The second-order valence-electron chi connectivity index (χ2n) is 6.42. The lowest BCUT2D eigenvalue weighted by Crippen LogP contribution is -2.30. The number of ether oxygens (including phenoxy) is 1. The molecule has 2 N–H and O–H groups in total. The molecule has 0 fully saturated rings. The normalized spacial score (nSPS) is 12.0. The van der Waals surface area contributed by atoms with Gasteiger partial charge in [-0.1, -0.05) is 13.8 Å². The molecule has 172 valence electrons. The molecule has 0 aliphatic heterocycles. The molecule has 1 amide bonds. The molecule has 0 aliphatic rings. The highest BCUT2D eigenvalue weighted by molar-refractivity contribution is 7.94. The van der Waals surface area contributed by atoms with E-state index in [1.54, 1.807) is 26.8 Å². The fraction of sp³-hybridized carbons (Fsp3) is 0.421. The SMILES string of the molecule is CCOc1ccc(S(=O)(=O)N(CC)CC)cc1NS(=O)(=O)c1ccc(CNC(C)=O)s1. The Bertz CT molecular complexity index is 1120. The molecule has 0 spiro atoms. The monoisotopic (exact) mass is 489 g/mol. The van der Waals surface area contributed by atoms with Crippen LogP contribution in [0.4, 0.5) is 5.69 Å². The number of carbonyl (C=O) groups is 1. The maximum absolute atomic E-state index is 12.9. The highest BCUT2D eigenvalue weighted by Crippen LogP contribution is 2.32. The molecule has 0 saturated heterocycles. The van der Waals surface area contributed by atoms with Crippen molar-refractivity contribution in [3.8, 4) is 5.75 Å². The Kier molecular flexibility index (Phi) is 8.46. The average Bonchev–Trinajstić information content (AvgIpc) is 3.18. The molecule has 12 heteroatoms. The first kappa shape index (κ1) is 25.1. The van der Waals surface area contributed by atoms with Gasteiger partial charge in [0.25, 0.3) is 10.0 Å². The van der Waals surface area contributed by atoms with Crippen LogP contribution in [-0.2, 0) is 31.4 Å². The summed E-state index contributed by atoms with van der Waals surface area (Å²) in [5.41, 5.74) is 0.0342. The molecule has 2 rings (SSSR count). The van der Waals surface area contributed by atoms with Gasteiger partial charge < -0.3 is 10.1 Å². The van der Waals surface area contributed by atoms with Crippen LogP contribution in [0.1, 0.15) is 32.6 Å². The highest BCUT2D eigenvalue weighted by atomic mass is 32.2. The Morgan fingerprint density at radius 1 is 1.06 bits per heavy atom. The van der Waals surface area contributed by atoms with E-state index in [0.29, 0.717) is 18.0 Å². The molecule has 1 heterocycles. The summed E-state index contributed by atoms with van der Waals surface area (Å²) in [5, 5.41) is 2.61. The van der Waals surface area contributed by atoms with E-state index in [2.05, 4.69) is 10.0 Å². The molecule has 0 unspecified atom stereocenters. The van der Waals surface area contributed by atoms with Gasteiger partial charge in [0.15, 0.2) is 0 Å². The van der Waals surface area contributed by atoms with Crippen LogP contribution in [0.25, 0.3) is 0 Å². The molecule has 9 nitrogen and oxygen atoms in total. The molecule has 0 bridgehead atoms. The number of thiophene rings is 1. The van der Waals surface area contributed by atoms with Gasteiger partial charge in [-0.05, 0) is 37.3 Å². The first-order chi connectivity index (χ1) is 14.5. The van der Waals surface area contributed by atoms with Gasteiger partial charge in [-0.3, -0.25) is 9.52 Å². The molecule has 0 aliphatic carbocycles. The van der Waals surface area contributed by atoms with Crippen molar-refractivity contribution >= 4 is 43.0 Å². The van der Waals surface area contributed by atoms with Crippen molar-refractivity contribution in [1.82, 2.24) is 9.62 Å². The fourth-order valence-corrected chi connectivity index (χ4v) is 6.59. The van der Waals surface area contributed by atoms with Crippen LogP contribution < -0.4 is 14.8 Å². The Morgan fingerprint density at radius 2 is 1.74 bits per heavy atom. The van der Waals surface area contributed by atoms with Gasteiger partial charge in [-0.2, -0.15) is 4.31 Å². The second kappa shape index (κ2) is 10.4. The predicted octanol–water partition coefficient (Wildman–Crippen LogP) is 2.61. The zero-order chi connectivity index (χ0) is 23.2. The number of sulfonamides is 2. The lowest BCUT2D eigenvalue weighted by atomic mass is 10.3. The van der Waals surface area contributed by atoms with E-state index in [1.807, 2.05) is 0 Å². The van der Waals surface area contributed by atoms with Gasteiger partial charge in [-0.15, -0.1) is 11.3 Å². The summed E-state index contributed by atoms with van der Waals surface area (Å²) >= 11 is 1.01. The van der Waals surface area contributed by atoms with Crippen molar-refractivity contribution in [2.75, 3.05) is 24.4 Å². The van der Waals surface area contributed by atoms with Gasteiger partial charge in [0.2, 0.25) is 15.9 Å². The predicted molar refractivity (Wildman–Crippen MR) is 120 cm³/mol. The second-order valence-corrected chi connectivity index (χ2v) is 11.4. The quantitative estimate of drug-likeness (QED) is 0.500. The third-order valence-corrected chi connectivity index (χ3v) is 9.24. The smallest absolute Gasteiger partial charge is 0.271 e. The minimum Gasteiger partial charge on any atom is -0.492 e. The fourth-order valence-electron chi connectivity index (χ4n) is 2.75. The Labute approximate surface area is 187 Å². The van der Waals surface area contributed by atoms with Crippen molar-refractivity contribution in [3.05, 3.63) is 35.2 Å². The Hall–Kier alpha value is -2.15. The Balaban J connectivity index is 2.41. The summed E-state index contributed by atoms with van der Waals surface area (Å²) in [4.78, 5) is 11.7. The van der Waals surface area contributed by atoms with Gasteiger partial charge >= 0.3 is 0 Å². The van der Waals surface area contributed by atoms with Crippen LogP contribution in [0.2, 0.25) is 0 Å². The number of amides is 1. The van der Waals surface area contributed by atoms with Crippen molar-refractivity contribution in [1.29, 1.82) is 0 Å². The van der Waals surface area contributed by atoms with E-state index < -0.39 is 20.0 Å². The van der Waals surface area contributed by atoms with Crippen LogP contribution in [-0.4, -0.2) is 46.7 Å². The first-order valence-corrected chi connectivity index (χ1v) is 13.4. The van der Waals surface area contributed by atoms with E-state index in [-0.39, 0.29) is 39.6 Å². The van der Waals surface area contributed by atoms with Crippen LogP contribution in [0.15, 0.2) is 39.4 Å². The zero-order valence-electron chi connectivity index (χ0n) is 17.8. The third kappa shape index (κ3) is 6.19. The number of rotatable bonds is 11. The maximum atomic E-state index is 12.9. The first-order valence-electron chi connectivity index (χ1n) is 9.68. The van der Waals surface area contributed by atoms with Crippen molar-refractivity contribution < 1.29 is 26.4 Å². The molecular weight excluding hydrogens is 462 g/mol. The number of hydrogen-bond donors (Lipinski definition) is 2. The lowest BCUT2D eigenvalue weighted by molar-refractivity contribution is -0.119. The van der Waals surface area contributed by atoms with Crippen molar-refractivity contribution in [2.45, 2.75) is 43.3 Å². The number of nitrogens with one attached hydrogen (secondary N) is 2. The van der Waals surface area contributed by atoms with Gasteiger partial charge in [0, 0.05) is 24.9 Å². The molecule has 0 atom stereocenters. The van der Waals surface area contributed by atoms with Crippen LogP contribution in [0, 0.1) is 0 Å². The topological polar surface area (TPSA) is 122 Å². The highest BCUT2D eigenvalue weighted by Gasteiger charge is 2.25. The molecule has 0 saturated carbocycles. The van der Waals surface area contributed by atoms with E-state index in [0.717, 1.165) is 11.3 Å². The lowest BCUT2D eigenvalue weighted by Gasteiger charge is -2.20. The minimum atomic E-state index is -4.00. The van der Waals surface area contributed by atoms with E-state index >= 15 is 0 Å². The minimum absolute atomic E-state index is 0.0325. The Morgan fingerprint density at radius 3 is 2.32 bits per heavy atom. The number of carbonyl (C=O) groups excluding carboxylic acids is 1. The molecule has 31 heavy (non-hydrogen) atoms. The average molecular weight is 490 g/mol.